The normalized spacial score (nSPS) is 30.6. The van der Waals surface area contributed by atoms with Gasteiger partial charge in [-0.2, -0.15) is 0 Å². The molecule has 0 aromatic heterocycles. The molecule has 96 valence electrons. The van der Waals surface area contributed by atoms with Crippen LogP contribution in [0.1, 0.15) is 45.4 Å². The summed E-state index contributed by atoms with van der Waals surface area (Å²) in [5.41, 5.74) is 6.48. The smallest absolute Gasteiger partial charge is 0.0700 e. The van der Waals surface area contributed by atoms with E-state index in [1.807, 2.05) is 0 Å². The minimum atomic E-state index is 0.0944. The first-order valence-corrected chi connectivity index (χ1v) is 6.52. The second-order valence-electron chi connectivity index (χ2n) is 5.25. The van der Waals surface area contributed by atoms with Gasteiger partial charge in [-0.05, 0) is 44.4 Å². The van der Waals surface area contributed by atoms with E-state index in [4.69, 9.17) is 15.2 Å². The molecule has 0 atom stereocenters. The van der Waals surface area contributed by atoms with E-state index < -0.39 is 0 Å². The molecule has 1 fully saturated rings. The lowest BCUT2D eigenvalue weighted by molar-refractivity contribution is 0.0647. The lowest BCUT2D eigenvalue weighted by Gasteiger charge is -2.36. The van der Waals surface area contributed by atoms with Crippen molar-refractivity contribution in [1.82, 2.24) is 0 Å². The summed E-state index contributed by atoms with van der Waals surface area (Å²) in [6, 6.07) is 0. The summed E-state index contributed by atoms with van der Waals surface area (Å²) in [7, 11) is 1.70. The minimum Gasteiger partial charge on any atom is -0.382 e. The topological polar surface area (TPSA) is 44.5 Å². The van der Waals surface area contributed by atoms with Gasteiger partial charge in [-0.1, -0.05) is 6.92 Å². The molecule has 0 aliphatic heterocycles. The first-order chi connectivity index (χ1) is 7.66. The number of methoxy groups -OCH3 is 1. The fourth-order valence-corrected chi connectivity index (χ4v) is 2.36. The fourth-order valence-electron chi connectivity index (χ4n) is 2.36. The summed E-state index contributed by atoms with van der Waals surface area (Å²) >= 11 is 0. The molecule has 1 rings (SSSR count). The third kappa shape index (κ3) is 5.28. The van der Waals surface area contributed by atoms with E-state index in [0.717, 1.165) is 25.4 Å². The van der Waals surface area contributed by atoms with Gasteiger partial charge in [-0.25, -0.2) is 0 Å². The predicted molar refractivity (Wildman–Crippen MR) is 66.5 cm³/mol. The van der Waals surface area contributed by atoms with E-state index in [-0.39, 0.29) is 5.54 Å². The average molecular weight is 229 g/mol. The Morgan fingerprint density at radius 2 is 1.88 bits per heavy atom. The number of rotatable bonds is 7. The van der Waals surface area contributed by atoms with Crippen molar-refractivity contribution in [3.8, 4) is 0 Å². The van der Waals surface area contributed by atoms with Crippen molar-refractivity contribution in [2.45, 2.75) is 51.0 Å². The van der Waals surface area contributed by atoms with E-state index in [9.17, 15) is 0 Å². The van der Waals surface area contributed by atoms with Crippen molar-refractivity contribution in [3.63, 3.8) is 0 Å². The molecule has 0 aromatic rings. The average Bonchev–Trinajstić information content (AvgIpc) is 2.28. The Hall–Kier alpha value is -0.120. The van der Waals surface area contributed by atoms with Crippen LogP contribution in [0.25, 0.3) is 0 Å². The Bertz CT molecular complexity index is 177. The van der Waals surface area contributed by atoms with Crippen molar-refractivity contribution >= 4 is 0 Å². The van der Waals surface area contributed by atoms with Gasteiger partial charge < -0.3 is 15.2 Å². The molecule has 2 N–H and O–H groups in total. The predicted octanol–water partition coefficient (Wildman–Crippen LogP) is 2.34. The van der Waals surface area contributed by atoms with E-state index >= 15 is 0 Å². The molecule has 1 aliphatic rings. The molecular formula is C13H27NO2. The zero-order chi connectivity index (χ0) is 11.9. The number of ether oxygens (including phenoxy) is 2. The van der Waals surface area contributed by atoms with Gasteiger partial charge in [-0.15, -0.1) is 0 Å². The van der Waals surface area contributed by atoms with Gasteiger partial charge in [0.2, 0.25) is 0 Å². The van der Waals surface area contributed by atoms with Crippen molar-refractivity contribution in [2.75, 3.05) is 26.9 Å². The molecule has 0 saturated heterocycles. The van der Waals surface area contributed by atoms with E-state index in [0.29, 0.717) is 13.2 Å². The van der Waals surface area contributed by atoms with Crippen LogP contribution >= 0.6 is 0 Å². The number of hydrogen-bond acceptors (Lipinski definition) is 3. The standard InChI is InChI=1S/C13H27NO2/c1-12-4-7-13(14,8-5-12)6-3-9-16-11-10-15-2/h12H,3-11,14H2,1-2H3. The zero-order valence-electron chi connectivity index (χ0n) is 10.8. The van der Waals surface area contributed by atoms with Crippen molar-refractivity contribution in [1.29, 1.82) is 0 Å². The summed E-state index contributed by atoms with van der Waals surface area (Å²) in [5.74, 6) is 0.870. The Kier molecular flexibility index (Phi) is 6.32. The maximum atomic E-state index is 6.38. The van der Waals surface area contributed by atoms with Crippen LogP contribution in [0, 0.1) is 5.92 Å². The summed E-state index contributed by atoms with van der Waals surface area (Å²) in [4.78, 5) is 0. The summed E-state index contributed by atoms with van der Waals surface area (Å²) in [5, 5.41) is 0. The van der Waals surface area contributed by atoms with Gasteiger partial charge in [0.25, 0.3) is 0 Å². The van der Waals surface area contributed by atoms with Crippen LogP contribution in [0.2, 0.25) is 0 Å². The van der Waals surface area contributed by atoms with Crippen LogP contribution in [0.15, 0.2) is 0 Å². The Labute approximate surface area is 99.7 Å². The maximum Gasteiger partial charge on any atom is 0.0700 e. The third-order valence-corrected chi connectivity index (χ3v) is 3.67. The molecule has 0 spiro atoms. The van der Waals surface area contributed by atoms with Gasteiger partial charge in [0, 0.05) is 19.3 Å². The molecule has 0 radical (unpaired) electrons. The molecule has 0 amide bonds. The van der Waals surface area contributed by atoms with Gasteiger partial charge in [0.05, 0.1) is 13.2 Å². The quantitative estimate of drug-likeness (QED) is 0.681. The van der Waals surface area contributed by atoms with Gasteiger partial charge in [-0.3, -0.25) is 0 Å². The first kappa shape index (κ1) is 13.9. The summed E-state index contributed by atoms with van der Waals surface area (Å²) in [6.45, 7) is 4.53. The second-order valence-corrected chi connectivity index (χ2v) is 5.25. The highest BCUT2D eigenvalue weighted by Gasteiger charge is 2.29. The molecule has 3 heteroatoms. The summed E-state index contributed by atoms with van der Waals surface area (Å²) < 4.78 is 10.4. The van der Waals surface area contributed by atoms with Crippen molar-refractivity contribution in [3.05, 3.63) is 0 Å². The Balaban J connectivity index is 2.03. The Morgan fingerprint density at radius 3 is 2.50 bits per heavy atom. The molecule has 1 aliphatic carbocycles. The molecule has 0 unspecified atom stereocenters. The molecule has 0 bridgehead atoms. The fraction of sp³-hybridized carbons (Fsp3) is 1.00. The van der Waals surface area contributed by atoms with Crippen molar-refractivity contribution < 1.29 is 9.47 Å². The monoisotopic (exact) mass is 229 g/mol. The molecule has 1 saturated carbocycles. The van der Waals surface area contributed by atoms with Crippen molar-refractivity contribution in [2.24, 2.45) is 11.7 Å². The lowest BCUT2D eigenvalue weighted by atomic mass is 9.75. The lowest BCUT2D eigenvalue weighted by Crippen LogP contribution is -2.43. The van der Waals surface area contributed by atoms with E-state index in [1.165, 1.54) is 25.7 Å². The highest BCUT2D eigenvalue weighted by molar-refractivity contribution is 4.88. The van der Waals surface area contributed by atoms with E-state index in [1.54, 1.807) is 7.11 Å². The number of nitrogens with two attached hydrogens (primary N) is 1. The molecule has 0 aromatic carbocycles. The largest absolute Gasteiger partial charge is 0.382 e. The second kappa shape index (κ2) is 7.25. The van der Waals surface area contributed by atoms with Gasteiger partial charge >= 0.3 is 0 Å². The van der Waals surface area contributed by atoms with Crippen LogP contribution in [0.4, 0.5) is 0 Å². The Morgan fingerprint density at radius 1 is 1.19 bits per heavy atom. The zero-order valence-corrected chi connectivity index (χ0v) is 10.8. The molecule has 3 nitrogen and oxygen atoms in total. The van der Waals surface area contributed by atoms with E-state index in [2.05, 4.69) is 6.92 Å². The number of hydrogen-bond donors (Lipinski definition) is 1. The molecular weight excluding hydrogens is 202 g/mol. The molecule has 0 heterocycles. The van der Waals surface area contributed by atoms with Gasteiger partial charge in [0.15, 0.2) is 0 Å². The minimum absolute atomic E-state index is 0.0944. The maximum absolute atomic E-state index is 6.38. The van der Waals surface area contributed by atoms with Crippen LogP contribution in [-0.2, 0) is 9.47 Å². The van der Waals surface area contributed by atoms with Gasteiger partial charge in [0.1, 0.15) is 0 Å². The van der Waals surface area contributed by atoms with Crippen LogP contribution in [0.3, 0.4) is 0 Å². The van der Waals surface area contributed by atoms with Crippen LogP contribution in [0.5, 0.6) is 0 Å². The van der Waals surface area contributed by atoms with Crippen LogP contribution in [-0.4, -0.2) is 32.5 Å². The van der Waals surface area contributed by atoms with Crippen LogP contribution < -0.4 is 5.73 Å². The summed E-state index contributed by atoms with van der Waals surface area (Å²) in [6.07, 6.45) is 7.14. The molecule has 16 heavy (non-hydrogen) atoms. The highest BCUT2D eigenvalue weighted by Crippen LogP contribution is 2.32. The highest BCUT2D eigenvalue weighted by atomic mass is 16.5. The SMILES string of the molecule is COCCOCCCC1(N)CCC(C)CC1. The third-order valence-electron chi connectivity index (χ3n) is 3.67. The first-order valence-electron chi connectivity index (χ1n) is 6.52.